The first-order chi connectivity index (χ1) is 14.3. The van der Waals surface area contributed by atoms with Gasteiger partial charge in [0.1, 0.15) is 11.5 Å². The largest absolute Gasteiger partial charge is 0.457 e. The molecule has 0 saturated carbocycles. The molecule has 4 nitrogen and oxygen atoms in total. The number of amides is 1. The Balaban J connectivity index is 1.41. The number of hydrogen-bond acceptors (Lipinski definition) is 4. The van der Waals surface area contributed by atoms with Crippen LogP contribution in [0.25, 0.3) is 0 Å². The second-order valence-corrected chi connectivity index (χ2v) is 8.61. The Hall–Kier alpha value is -2.63. The molecule has 1 saturated heterocycles. The van der Waals surface area contributed by atoms with Crippen molar-refractivity contribution in [3.05, 3.63) is 82.0 Å². The summed E-state index contributed by atoms with van der Waals surface area (Å²) in [5.41, 5.74) is 1.86. The number of thiophene rings is 1. The fourth-order valence-corrected chi connectivity index (χ4v) is 5.30. The van der Waals surface area contributed by atoms with E-state index in [0.717, 1.165) is 35.7 Å². The third-order valence-corrected chi connectivity index (χ3v) is 6.84. The van der Waals surface area contributed by atoms with E-state index in [9.17, 15) is 4.79 Å². The highest BCUT2D eigenvalue weighted by Crippen LogP contribution is 2.44. The van der Waals surface area contributed by atoms with Gasteiger partial charge < -0.3 is 10.1 Å². The van der Waals surface area contributed by atoms with Crippen molar-refractivity contribution in [3.8, 4) is 11.5 Å². The van der Waals surface area contributed by atoms with Crippen molar-refractivity contribution in [2.24, 2.45) is 0 Å². The van der Waals surface area contributed by atoms with Gasteiger partial charge in [0.2, 0.25) is 5.91 Å². The van der Waals surface area contributed by atoms with Crippen LogP contribution in [0.2, 0.25) is 0 Å². The zero-order valence-corrected chi connectivity index (χ0v) is 17.0. The van der Waals surface area contributed by atoms with Crippen LogP contribution in [-0.4, -0.2) is 30.4 Å². The van der Waals surface area contributed by atoms with E-state index in [1.54, 1.807) is 11.3 Å². The van der Waals surface area contributed by atoms with Gasteiger partial charge in [0, 0.05) is 22.5 Å². The molecular formula is C24H24N2O2S. The van der Waals surface area contributed by atoms with Crippen LogP contribution >= 0.6 is 11.3 Å². The summed E-state index contributed by atoms with van der Waals surface area (Å²) in [4.78, 5) is 17.2. The zero-order valence-electron chi connectivity index (χ0n) is 16.2. The normalized spacial score (nSPS) is 17.2. The van der Waals surface area contributed by atoms with Gasteiger partial charge in [-0.2, -0.15) is 0 Å². The average molecular weight is 405 g/mol. The quantitative estimate of drug-likeness (QED) is 0.655. The van der Waals surface area contributed by atoms with E-state index in [2.05, 4.69) is 27.7 Å². The smallest absolute Gasteiger partial charge is 0.232 e. The van der Waals surface area contributed by atoms with Gasteiger partial charge in [-0.15, -0.1) is 11.3 Å². The Morgan fingerprint density at radius 2 is 1.66 bits per heavy atom. The van der Waals surface area contributed by atoms with E-state index < -0.39 is 0 Å². The second-order valence-electron chi connectivity index (χ2n) is 7.63. The summed E-state index contributed by atoms with van der Waals surface area (Å²) in [6, 6.07) is 20.2. The van der Waals surface area contributed by atoms with Crippen molar-refractivity contribution >= 4 is 17.2 Å². The minimum absolute atomic E-state index is 0.0361. The number of hydrogen-bond donors (Lipinski definition) is 1. The van der Waals surface area contributed by atoms with Gasteiger partial charge >= 0.3 is 0 Å². The number of benzene rings is 2. The average Bonchev–Trinajstić information content (AvgIpc) is 3.47. The number of likely N-dealkylation sites (tertiary alicyclic amines) is 1. The lowest BCUT2D eigenvalue weighted by Crippen LogP contribution is -2.39. The molecule has 0 spiro atoms. The molecule has 29 heavy (non-hydrogen) atoms. The van der Waals surface area contributed by atoms with Crippen LogP contribution in [0.1, 0.15) is 40.8 Å². The van der Waals surface area contributed by atoms with Crippen LogP contribution in [0.5, 0.6) is 11.5 Å². The molecule has 148 valence electrons. The third kappa shape index (κ3) is 3.56. The van der Waals surface area contributed by atoms with E-state index in [0.29, 0.717) is 6.54 Å². The topological polar surface area (TPSA) is 41.6 Å². The zero-order chi connectivity index (χ0) is 19.6. The Bertz CT molecular complexity index is 950. The molecule has 1 amide bonds. The van der Waals surface area contributed by atoms with Gasteiger partial charge in [-0.1, -0.05) is 42.5 Å². The van der Waals surface area contributed by atoms with Gasteiger partial charge in [-0.3, -0.25) is 9.69 Å². The maximum atomic E-state index is 13.4. The molecule has 2 aromatic carbocycles. The van der Waals surface area contributed by atoms with Crippen LogP contribution in [0, 0.1) is 0 Å². The van der Waals surface area contributed by atoms with Crippen LogP contribution in [0.3, 0.4) is 0 Å². The third-order valence-electron chi connectivity index (χ3n) is 5.86. The number of nitrogens with zero attached hydrogens (tertiary/aromatic N) is 1. The summed E-state index contributed by atoms with van der Waals surface area (Å²) in [6.45, 7) is 2.82. The Morgan fingerprint density at radius 3 is 2.28 bits per heavy atom. The molecular weight excluding hydrogens is 380 g/mol. The molecule has 3 aromatic rings. The predicted molar refractivity (Wildman–Crippen MR) is 116 cm³/mol. The number of rotatable bonds is 5. The number of para-hydroxylation sites is 2. The van der Waals surface area contributed by atoms with Crippen molar-refractivity contribution in [3.63, 3.8) is 0 Å². The van der Waals surface area contributed by atoms with Crippen molar-refractivity contribution < 1.29 is 9.53 Å². The fraction of sp³-hybridized carbons (Fsp3) is 0.292. The standard InChI is InChI=1S/C24H24N2O2S/c27-24(25-16-19(22-12-7-15-29-22)26-13-5-6-14-26)23-17-8-1-3-10-20(17)28-21-11-4-2-9-18(21)23/h1-4,7-12,15,19,23H,5-6,13-14,16H2,(H,25,27)/t19-/m1/s1. The molecule has 1 fully saturated rings. The second kappa shape index (κ2) is 8.01. The molecule has 0 radical (unpaired) electrons. The van der Waals surface area contributed by atoms with Crippen molar-refractivity contribution in [1.82, 2.24) is 10.2 Å². The number of carbonyl (C=O) groups excluding carboxylic acids is 1. The van der Waals surface area contributed by atoms with E-state index in [1.807, 2.05) is 48.5 Å². The molecule has 5 heteroatoms. The molecule has 1 aromatic heterocycles. The molecule has 2 aliphatic rings. The van der Waals surface area contributed by atoms with Gasteiger partial charge in [-0.25, -0.2) is 0 Å². The molecule has 0 aliphatic carbocycles. The monoisotopic (exact) mass is 404 g/mol. The van der Waals surface area contributed by atoms with Crippen LogP contribution in [0.15, 0.2) is 66.0 Å². The van der Waals surface area contributed by atoms with Gasteiger partial charge in [-0.05, 0) is 49.5 Å². The van der Waals surface area contributed by atoms with Crippen LogP contribution < -0.4 is 10.1 Å². The highest BCUT2D eigenvalue weighted by molar-refractivity contribution is 7.10. The minimum atomic E-state index is -0.348. The van der Waals surface area contributed by atoms with Crippen molar-refractivity contribution in [1.29, 1.82) is 0 Å². The van der Waals surface area contributed by atoms with Crippen LogP contribution in [0.4, 0.5) is 0 Å². The number of carbonyl (C=O) groups is 1. The summed E-state index contributed by atoms with van der Waals surface area (Å²) in [5.74, 6) is 1.22. The first-order valence-corrected chi connectivity index (χ1v) is 11.1. The first kappa shape index (κ1) is 18.4. The Kier molecular flexibility index (Phi) is 5.08. The van der Waals surface area contributed by atoms with Crippen molar-refractivity contribution in [2.75, 3.05) is 19.6 Å². The molecule has 3 heterocycles. The summed E-state index contributed by atoms with van der Waals surface area (Å²) in [7, 11) is 0. The molecule has 0 unspecified atom stereocenters. The van der Waals surface area contributed by atoms with E-state index in [1.165, 1.54) is 17.7 Å². The lowest BCUT2D eigenvalue weighted by atomic mass is 9.87. The number of nitrogens with one attached hydrogen (secondary N) is 1. The first-order valence-electron chi connectivity index (χ1n) is 10.2. The minimum Gasteiger partial charge on any atom is -0.457 e. The van der Waals surface area contributed by atoms with Crippen LogP contribution in [-0.2, 0) is 4.79 Å². The molecule has 1 atom stereocenters. The number of fused-ring (bicyclic) bond motifs is 2. The lowest BCUT2D eigenvalue weighted by molar-refractivity contribution is -0.122. The maximum absolute atomic E-state index is 13.4. The summed E-state index contributed by atoms with van der Waals surface area (Å²) < 4.78 is 6.04. The molecule has 5 rings (SSSR count). The van der Waals surface area contributed by atoms with E-state index in [-0.39, 0.29) is 17.9 Å². The fourth-order valence-electron chi connectivity index (χ4n) is 4.44. The Labute approximate surface area is 175 Å². The molecule has 1 N–H and O–H groups in total. The van der Waals surface area contributed by atoms with Gasteiger partial charge in [0.25, 0.3) is 0 Å². The summed E-state index contributed by atoms with van der Waals surface area (Å²) in [6.07, 6.45) is 2.47. The van der Waals surface area contributed by atoms with Crippen molar-refractivity contribution in [2.45, 2.75) is 24.8 Å². The SMILES string of the molecule is O=C(NC[C@H](c1cccs1)N1CCCC1)C1c2ccccc2Oc2ccccc21. The van der Waals surface area contributed by atoms with Gasteiger partial charge in [0.15, 0.2) is 0 Å². The molecule has 2 aliphatic heterocycles. The summed E-state index contributed by atoms with van der Waals surface area (Å²) >= 11 is 1.77. The number of ether oxygens (including phenoxy) is 1. The highest BCUT2D eigenvalue weighted by atomic mass is 32.1. The summed E-state index contributed by atoms with van der Waals surface area (Å²) in [5, 5.41) is 5.39. The maximum Gasteiger partial charge on any atom is 0.232 e. The lowest BCUT2D eigenvalue weighted by Gasteiger charge is -2.30. The van der Waals surface area contributed by atoms with Gasteiger partial charge in [0.05, 0.1) is 12.0 Å². The van der Waals surface area contributed by atoms with E-state index >= 15 is 0 Å². The Morgan fingerprint density at radius 1 is 1.00 bits per heavy atom. The predicted octanol–water partition coefficient (Wildman–Crippen LogP) is 4.94. The van der Waals surface area contributed by atoms with E-state index in [4.69, 9.17) is 4.74 Å². The molecule has 0 bridgehead atoms. The highest BCUT2D eigenvalue weighted by Gasteiger charge is 2.33.